The van der Waals surface area contributed by atoms with Gasteiger partial charge in [-0.1, -0.05) is 24.3 Å². The van der Waals surface area contributed by atoms with Gasteiger partial charge < -0.3 is 15.8 Å². The number of nitrogens with zero attached hydrogens (tertiary/aromatic N) is 2. The van der Waals surface area contributed by atoms with Gasteiger partial charge in [-0.05, 0) is 85.5 Å². The highest BCUT2D eigenvalue weighted by atomic mass is 32.2. The summed E-state index contributed by atoms with van der Waals surface area (Å²) in [4.78, 5) is 27.8. The van der Waals surface area contributed by atoms with Gasteiger partial charge in [0.05, 0.1) is 23.7 Å². The molecule has 0 radical (unpaired) electrons. The number of ether oxygens (including phenoxy) is 1. The zero-order chi connectivity index (χ0) is 37.0. The molecule has 0 bridgehead atoms. The smallest absolute Gasteiger partial charge is 0.420 e. The van der Waals surface area contributed by atoms with E-state index in [0.717, 1.165) is 49.6 Å². The summed E-state index contributed by atoms with van der Waals surface area (Å²) in [6.45, 7) is 2.13. The Labute approximate surface area is 291 Å². The van der Waals surface area contributed by atoms with E-state index in [2.05, 4.69) is 5.32 Å². The lowest BCUT2D eigenvalue weighted by atomic mass is 9.84. The number of nitrogens with two attached hydrogens (primary N) is 1. The van der Waals surface area contributed by atoms with Gasteiger partial charge in [-0.15, -0.1) is 0 Å². The first-order valence-electron chi connectivity index (χ1n) is 15.9. The van der Waals surface area contributed by atoms with E-state index in [1.54, 1.807) is 6.92 Å². The summed E-state index contributed by atoms with van der Waals surface area (Å²) in [5.41, 5.74) is 6.16. The summed E-state index contributed by atoms with van der Waals surface area (Å²) < 4.78 is 106. The molecule has 4 atom stereocenters. The lowest BCUT2D eigenvalue weighted by Crippen LogP contribution is -2.58. The van der Waals surface area contributed by atoms with Crippen LogP contribution in [-0.2, 0) is 26.0 Å². The normalized spacial score (nSPS) is 17.8. The zero-order valence-electron chi connectivity index (χ0n) is 27.5. The van der Waals surface area contributed by atoms with Gasteiger partial charge in [0.15, 0.2) is 0 Å². The minimum Gasteiger partial charge on any atom is -0.452 e. The van der Waals surface area contributed by atoms with Crippen LogP contribution < -0.4 is 16.0 Å². The number of carbonyl (C=O) groups is 2. The van der Waals surface area contributed by atoms with Gasteiger partial charge in [-0.25, -0.2) is 40.1 Å². The number of imide groups is 1. The highest BCUT2D eigenvalue weighted by Crippen LogP contribution is 2.34. The van der Waals surface area contributed by atoms with Crippen LogP contribution in [0.25, 0.3) is 0 Å². The second-order valence-corrected chi connectivity index (χ2v) is 14.0. The Morgan fingerprint density at radius 1 is 0.882 bits per heavy atom. The van der Waals surface area contributed by atoms with Gasteiger partial charge in [0.2, 0.25) is 10.0 Å². The molecule has 0 aromatic heterocycles. The molecular weight excluding hydrogens is 695 g/mol. The SMILES string of the molecule is COC(=O)N(C(=O)[C@@H](N)[C@@H](c1ccc(F)cc1)c1cc(F)cc(F)c1)c1cccc(F)c1CC[C@H]1CNC[C@H](C)N1S(=O)(=O)c1cccc(F)c1. The van der Waals surface area contributed by atoms with Crippen molar-refractivity contribution in [2.75, 3.05) is 25.1 Å². The average Bonchev–Trinajstić information content (AvgIpc) is 3.08. The molecule has 0 aliphatic carbocycles. The number of carbonyl (C=O) groups excluding carboxylic acids is 2. The molecule has 0 spiro atoms. The van der Waals surface area contributed by atoms with Gasteiger partial charge in [-0.3, -0.25) is 4.79 Å². The Morgan fingerprint density at radius 3 is 2.20 bits per heavy atom. The number of nitrogens with one attached hydrogen (secondary N) is 1. The van der Waals surface area contributed by atoms with Crippen molar-refractivity contribution in [3.8, 4) is 0 Å². The van der Waals surface area contributed by atoms with Crippen molar-refractivity contribution < 1.29 is 44.7 Å². The Kier molecular flexibility index (Phi) is 11.5. The molecule has 1 fully saturated rings. The van der Waals surface area contributed by atoms with Crippen molar-refractivity contribution in [3.05, 3.63) is 131 Å². The van der Waals surface area contributed by atoms with Gasteiger partial charge in [0.25, 0.3) is 5.91 Å². The molecule has 1 saturated heterocycles. The lowest BCUT2D eigenvalue weighted by molar-refractivity contribution is -0.119. The van der Waals surface area contributed by atoms with E-state index < -0.39 is 75.2 Å². The Balaban J connectivity index is 1.51. The van der Waals surface area contributed by atoms with Crippen LogP contribution in [0.3, 0.4) is 0 Å². The number of halogens is 5. The highest BCUT2D eigenvalue weighted by molar-refractivity contribution is 7.89. The minimum atomic E-state index is -4.21. The number of sulfonamides is 1. The van der Waals surface area contributed by atoms with Gasteiger partial charge in [-0.2, -0.15) is 4.31 Å². The van der Waals surface area contributed by atoms with Crippen LogP contribution in [0.5, 0.6) is 0 Å². The van der Waals surface area contributed by atoms with E-state index in [-0.39, 0.29) is 46.7 Å². The third-order valence-electron chi connectivity index (χ3n) is 8.74. The molecule has 15 heteroatoms. The fourth-order valence-electron chi connectivity index (χ4n) is 6.45. The number of rotatable bonds is 10. The van der Waals surface area contributed by atoms with Crippen molar-refractivity contribution in [1.29, 1.82) is 0 Å². The van der Waals surface area contributed by atoms with E-state index in [0.29, 0.717) is 17.5 Å². The summed E-state index contributed by atoms with van der Waals surface area (Å²) in [5, 5.41) is 3.15. The summed E-state index contributed by atoms with van der Waals surface area (Å²) in [5.74, 6) is -6.61. The van der Waals surface area contributed by atoms with Crippen LogP contribution in [0.2, 0.25) is 0 Å². The summed E-state index contributed by atoms with van der Waals surface area (Å²) in [7, 11) is -3.23. The third-order valence-corrected chi connectivity index (χ3v) is 10.8. The summed E-state index contributed by atoms with van der Waals surface area (Å²) >= 11 is 0. The standard InChI is InChI=1S/C36H35F5N4O5S/c1-21-19-43-20-28(45(21)51(48,49)29-6-3-5-25(38)18-29)13-14-30-31(41)7-4-8-32(30)44(36(47)50-2)35(46)34(42)33(22-9-11-24(37)12-10-22)23-15-26(39)17-27(40)16-23/h3-12,15-18,21,28,33-34,43H,13-14,19-20,42H2,1-2H3/t21-,28-,33-,34-/m0/s1. The second kappa shape index (κ2) is 15.7. The van der Waals surface area contributed by atoms with E-state index >= 15 is 4.39 Å². The predicted octanol–water partition coefficient (Wildman–Crippen LogP) is 5.62. The molecule has 3 N–H and O–H groups in total. The second-order valence-electron chi connectivity index (χ2n) is 12.1. The maximum absolute atomic E-state index is 15.7. The molecule has 2 amide bonds. The number of piperazine rings is 1. The van der Waals surface area contributed by atoms with Gasteiger partial charge >= 0.3 is 6.09 Å². The lowest BCUT2D eigenvalue weighted by Gasteiger charge is -2.40. The first kappa shape index (κ1) is 37.6. The van der Waals surface area contributed by atoms with Crippen molar-refractivity contribution in [2.24, 2.45) is 5.73 Å². The molecule has 5 rings (SSSR count). The predicted molar refractivity (Wildman–Crippen MR) is 179 cm³/mol. The molecule has 1 aliphatic rings. The van der Waals surface area contributed by atoms with E-state index in [9.17, 15) is 35.6 Å². The van der Waals surface area contributed by atoms with Crippen LogP contribution in [0.15, 0.2) is 89.8 Å². The zero-order valence-corrected chi connectivity index (χ0v) is 28.3. The Morgan fingerprint density at radius 2 is 1.55 bits per heavy atom. The number of benzene rings is 4. The van der Waals surface area contributed by atoms with Crippen LogP contribution >= 0.6 is 0 Å². The molecule has 4 aromatic rings. The van der Waals surface area contributed by atoms with Crippen LogP contribution in [0.4, 0.5) is 32.4 Å². The van der Waals surface area contributed by atoms with Crippen molar-refractivity contribution in [2.45, 2.75) is 48.7 Å². The van der Waals surface area contributed by atoms with Crippen LogP contribution in [0.1, 0.15) is 36.0 Å². The molecule has 51 heavy (non-hydrogen) atoms. The maximum Gasteiger partial charge on any atom is 0.420 e. The van der Waals surface area contributed by atoms with Crippen molar-refractivity contribution >= 4 is 27.7 Å². The maximum atomic E-state index is 15.7. The van der Waals surface area contributed by atoms with E-state index in [4.69, 9.17) is 10.5 Å². The fraction of sp³-hybridized carbons (Fsp3) is 0.278. The number of anilines is 1. The molecule has 270 valence electrons. The first-order valence-corrected chi connectivity index (χ1v) is 17.3. The van der Waals surface area contributed by atoms with Crippen LogP contribution in [0, 0.1) is 29.1 Å². The Bertz CT molecular complexity index is 2000. The van der Waals surface area contributed by atoms with Crippen molar-refractivity contribution in [1.82, 2.24) is 9.62 Å². The van der Waals surface area contributed by atoms with Crippen LogP contribution in [-0.4, -0.2) is 63.0 Å². The molecular formula is C36H35F5N4O5S. The first-order chi connectivity index (χ1) is 24.2. The molecule has 0 unspecified atom stereocenters. The summed E-state index contributed by atoms with van der Waals surface area (Å²) in [6.07, 6.45) is -1.45. The quantitative estimate of drug-likeness (QED) is 0.203. The largest absolute Gasteiger partial charge is 0.452 e. The van der Waals surface area contributed by atoms with E-state index in [1.165, 1.54) is 40.7 Å². The minimum absolute atomic E-state index is 0.00412. The van der Waals surface area contributed by atoms with Crippen molar-refractivity contribution in [3.63, 3.8) is 0 Å². The van der Waals surface area contributed by atoms with Gasteiger partial charge in [0.1, 0.15) is 29.1 Å². The topological polar surface area (TPSA) is 122 Å². The Hall–Kier alpha value is -4.70. The van der Waals surface area contributed by atoms with Gasteiger partial charge in [0, 0.05) is 42.7 Å². The molecule has 9 nitrogen and oxygen atoms in total. The number of amides is 2. The van der Waals surface area contributed by atoms with E-state index in [1.807, 2.05) is 0 Å². The molecule has 4 aromatic carbocycles. The molecule has 1 heterocycles. The number of hydrogen-bond donors (Lipinski definition) is 2. The molecule has 0 saturated carbocycles. The summed E-state index contributed by atoms with van der Waals surface area (Å²) in [6, 6.07) is 12.3. The monoisotopic (exact) mass is 730 g/mol. The number of hydrogen-bond acceptors (Lipinski definition) is 7. The third kappa shape index (κ3) is 8.12. The fourth-order valence-corrected chi connectivity index (χ4v) is 8.32. The highest BCUT2D eigenvalue weighted by Gasteiger charge is 2.40. The number of methoxy groups -OCH3 is 1. The average molecular weight is 731 g/mol. The molecule has 1 aliphatic heterocycles.